The van der Waals surface area contributed by atoms with Gasteiger partial charge in [-0.3, -0.25) is 9.59 Å². The Morgan fingerprint density at radius 2 is 1.62 bits per heavy atom. The van der Waals surface area contributed by atoms with Crippen molar-refractivity contribution >= 4 is 17.5 Å². The maximum absolute atomic E-state index is 11.9. The van der Waals surface area contributed by atoms with E-state index in [-0.39, 0.29) is 11.8 Å². The molecule has 0 aliphatic heterocycles. The number of hydrogen-bond acceptors (Lipinski definition) is 2. The second kappa shape index (κ2) is 9.97. The molecular weight excluding hydrogens is 264 g/mol. The zero-order valence-corrected chi connectivity index (χ0v) is 13.1. The van der Waals surface area contributed by atoms with Crippen molar-refractivity contribution < 1.29 is 9.59 Å². The van der Waals surface area contributed by atoms with Gasteiger partial charge in [0, 0.05) is 24.2 Å². The van der Waals surface area contributed by atoms with Gasteiger partial charge in [-0.05, 0) is 30.7 Å². The number of unbranched alkanes of at least 4 members (excludes halogenated alkanes) is 4. The zero-order valence-electron chi connectivity index (χ0n) is 13.1. The van der Waals surface area contributed by atoms with Crippen molar-refractivity contribution in [3.05, 3.63) is 29.8 Å². The summed E-state index contributed by atoms with van der Waals surface area (Å²) in [5.74, 6) is -0.0851. The van der Waals surface area contributed by atoms with Crippen LogP contribution in [0, 0.1) is 0 Å². The Balaban J connectivity index is 2.32. The fraction of sp³-hybridized carbons (Fsp3) is 0.529. The highest BCUT2D eigenvalue weighted by Crippen LogP contribution is 2.10. The van der Waals surface area contributed by atoms with E-state index in [0.717, 1.165) is 25.1 Å². The van der Waals surface area contributed by atoms with E-state index >= 15 is 0 Å². The fourth-order valence-corrected chi connectivity index (χ4v) is 1.99. The van der Waals surface area contributed by atoms with Gasteiger partial charge in [-0.1, -0.05) is 39.5 Å². The van der Waals surface area contributed by atoms with Crippen LogP contribution in [0.15, 0.2) is 24.3 Å². The van der Waals surface area contributed by atoms with Crippen molar-refractivity contribution in [2.75, 3.05) is 11.9 Å². The Kier molecular flexibility index (Phi) is 8.17. The maximum Gasteiger partial charge on any atom is 0.251 e. The maximum atomic E-state index is 11.9. The van der Waals surface area contributed by atoms with Crippen LogP contribution in [-0.4, -0.2) is 18.4 Å². The van der Waals surface area contributed by atoms with Crippen molar-refractivity contribution in [3.63, 3.8) is 0 Å². The van der Waals surface area contributed by atoms with Crippen molar-refractivity contribution in [2.24, 2.45) is 0 Å². The monoisotopic (exact) mass is 290 g/mol. The molecule has 0 saturated heterocycles. The number of rotatable bonds is 9. The number of nitrogens with one attached hydrogen (secondary N) is 2. The summed E-state index contributed by atoms with van der Waals surface area (Å²) in [6, 6.07) is 6.98. The lowest BCUT2D eigenvalue weighted by atomic mass is 10.1. The third-order valence-electron chi connectivity index (χ3n) is 3.32. The van der Waals surface area contributed by atoms with Crippen LogP contribution in [0.5, 0.6) is 0 Å². The summed E-state index contributed by atoms with van der Waals surface area (Å²) in [6.07, 6.45) is 6.36. The van der Waals surface area contributed by atoms with Crippen LogP contribution in [0.3, 0.4) is 0 Å². The van der Waals surface area contributed by atoms with Crippen LogP contribution in [0.25, 0.3) is 0 Å². The number of carbonyl (C=O) groups excluding carboxylic acids is 2. The molecule has 0 heterocycles. The molecule has 0 unspecified atom stereocenters. The fourth-order valence-electron chi connectivity index (χ4n) is 1.99. The molecule has 0 atom stereocenters. The molecule has 0 radical (unpaired) electrons. The average Bonchev–Trinajstić information content (AvgIpc) is 2.51. The molecule has 0 aliphatic rings. The van der Waals surface area contributed by atoms with E-state index in [0.29, 0.717) is 12.0 Å². The van der Waals surface area contributed by atoms with Crippen LogP contribution in [0.4, 0.5) is 5.69 Å². The lowest BCUT2D eigenvalue weighted by Crippen LogP contribution is -2.24. The molecule has 4 heteroatoms. The molecule has 2 N–H and O–H groups in total. The van der Waals surface area contributed by atoms with Gasteiger partial charge in [0.1, 0.15) is 0 Å². The Labute approximate surface area is 127 Å². The predicted molar refractivity (Wildman–Crippen MR) is 86.5 cm³/mol. The van der Waals surface area contributed by atoms with E-state index in [1.807, 2.05) is 0 Å². The Hall–Kier alpha value is -1.84. The zero-order chi connectivity index (χ0) is 15.5. The standard InChI is InChI=1S/C17H26N2O2/c1-3-5-6-7-8-13-18-17(21)14-9-11-15(12-10-14)19-16(20)4-2/h9-12H,3-8,13H2,1-2H3,(H,18,21)(H,19,20). The number of anilines is 1. The van der Waals surface area contributed by atoms with Crippen molar-refractivity contribution in [3.8, 4) is 0 Å². The second-order valence-corrected chi connectivity index (χ2v) is 5.15. The normalized spacial score (nSPS) is 10.2. The van der Waals surface area contributed by atoms with Crippen molar-refractivity contribution in [1.82, 2.24) is 5.32 Å². The van der Waals surface area contributed by atoms with E-state index in [1.165, 1.54) is 19.3 Å². The summed E-state index contributed by atoms with van der Waals surface area (Å²) in [6.45, 7) is 4.71. The molecule has 0 saturated carbocycles. The van der Waals surface area contributed by atoms with Gasteiger partial charge in [0.25, 0.3) is 5.91 Å². The molecule has 0 fully saturated rings. The first-order valence-corrected chi connectivity index (χ1v) is 7.85. The first-order chi connectivity index (χ1) is 10.2. The number of hydrogen-bond donors (Lipinski definition) is 2. The molecule has 1 aromatic rings. The van der Waals surface area contributed by atoms with Gasteiger partial charge in [-0.25, -0.2) is 0 Å². The van der Waals surface area contributed by atoms with E-state index in [1.54, 1.807) is 31.2 Å². The predicted octanol–water partition coefficient (Wildman–Crippen LogP) is 3.74. The van der Waals surface area contributed by atoms with Gasteiger partial charge < -0.3 is 10.6 Å². The van der Waals surface area contributed by atoms with E-state index < -0.39 is 0 Å². The minimum Gasteiger partial charge on any atom is -0.352 e. The first-order valence-electron chi connectivity index (χ1n) is 7.85. The summed E-state index contributed by atoms with van der Waals surface area (Å²) in [5, 5.41) is 5.68. The quantitative estimate of drug-likeness (QED) is 0.681. The van der Waals surface area contributed by atoms with E-state index in [9.17, 15) is 9.59 Å². The molecule has 0 bridgehead atoms. The van der Waals surface area contributed by atoms with Gasteiger partial charge in [0.05, 0.1) is 0 Å². The van der Waals surface area contributed by atoms with Crippen molar-refractivity contribution in [1.29, 1.82) is 0 Å². The van der Waals surface area contributed by atoms with Gasteiger partial charge >= 0.3 is 0 Å². The first kappa shape index (κ1) is 17.2. The SMILES string of the molecule is CCCCCCCNC(=O)c1ccc(NC(=O)CC)cc1. The van der Waals surface area contributed by atoms with Gasteiger partial charge in [-0.15, -0.1) is 0 Å². The number of amides is 2. The van der Waals surface area contributed by atoms with E-state index in [2.05, 4.69) is 17.6 Å². The van der Waals surface area contributed by atoms with Crippen LogP contribution >= 0.6 is 0 Å². The smallest absolute Gasteiger partial charge is 0.251 e. The molecule has 21 heavy (non-hydrogen) atoms. The Bertz CT molecular complexity index is 441. The van der Waals surface area contributed by atoms with Crippen LogP contribution < -0.4 is 10.6 Å². The van der Waals surface area contributed by atoms with Gasteiger partial charge in [0.15, 0.2) is 0 Å². The molecule has 116 valence electrons. The van der Waals surface area contributed by atoms with Crippen LogP contribution in [-0.2, 0) is 4.79 Å². The lowest BCUT2D eigenvalue weighted by Gasteiger charge is -2.07. The second-order valence-electron chi connectivity index (χ2n) is 5.15. The summed E-state index contributed by atoms with van der Waals surface area (Å²) in [7, 11) is 0. The summed E-state index contributed by atoms with van der Waals surface area (Å²) in [5.41, 5.74) is 1.34. The summed E-state index contributed by atoms with van der Waals surface area (Å²) < 4.78 is 0. The molecule has 0 spiro atoms. The highest BCUT2D eigenvalue weighted by Gasteiger charge is 2.05. The Morgan fingerprint density at radius 3 is 2.24 bits per heavy atom. The Morgan fingerprint density at radius 1 is 0.952 bits per heavy atom. The van der Waals surface area contributed by atoms with Crippen molar-refractivity contribution in [2.45, 2.75) is 52.4 Å². The van der Waals surface area contributed by atoms with E-state index in [4.69, 9.17) is 0 Å². The highest BCUT2D eigenvalue weighted by molar-refractivity contribution is 5.95. The molecule has 1 rings (SSSR count). The molecule has 4 nitrogen and oxygen atoms in total. The minimum atomic E-state index is -0.0566. The average molecular weight is 290 g/mol. The molecule has 0 aliphatic carbocycles. The molecule has 2 amide bonds. The lowest BCUT2D eigenvalue weighted by molar-refractivity contribution is -0.115. The third-order valence-corrected chi connectivity index (χ3v) is 3.32. The minimum absolute atomic E-state index is 0.0284. The van der Waals surface area contributed by atoms with Crippen LogP contribution in [0.2, 0.25) is 0 Å². The van der Waals surface area contributed by atoms with Gasteiger partial charge in [-0.2, -0.15) is 0 Å². The number of carbonyl (C=O) groups is 2. The van der Waals surface area contributed by atoms with Gasteiger partial charge in [0.2, 0.25) is 5.91 Å². The highest BCUT2D eigenvalue weighted by atomic mass is 16.2. The largest absolute Gasteiger partial charge is 0.352 e. The molecular formula is C17H26N2O2. The molecule has 1 aromatic carbocycles. The third kappa shape index (κ3) is 6.93. The number of benzene rings is 1. The van der Waals surface area contributed by atoms with Crippen LogP contribution in [0.1, 0.15) is 62.7 Å². The summed E-state index contributed by atoms with van der Waals surface area (Å²) >= 11 is 0. The topological polar surface area (TPSA) is 58.2 Å². The molecule has 0 aromatic heterocycles. The summed E-state index contributed by atoms with van der Waals surface area (Å²) in [4.78, 5) is 23.2.